The van der Waals surface area contributed by atoms with Crippen LogP contribution in [0.15, 0.2) is 0 Å². The lowest BCUT2D eigenvalue weighted by molar-refractivity contribution is 0.486. The molecule has 2 saturated carbocycles. The van der Waals surface area contributed by atoms with Gasteiger partial charge in [-0.25, -0.2) is 0 Å². The Kier molecular flexibility index (Phi) is 3.23. The van der Waals surface area contributed by atoms with E-state index in [-0.39, 0.29) is 0 Å². The molecule has 0 aliphatic heterocycles. The van der Waals surface area contributed by atoms with Gasteiger partial charge in [0, 0.05) is 18.6 Å². The Balaban J connectivity index is 1.42. The van der Waals surface area contributed by atoms with Crippen LogP contribution in [0.1, 0.15) is 39.0 Å². The van der Waals surface area contributed by atoms with Gasteiger partial charge in [-0.2, -0.15) is 0 Å². The topological polar surface area (TPSA) is 24.1 Å². The summed E-state index contributed by atoms with van der Waals surface area (Å²) >= 11 is 0. The van der Waals surface area contributed by atoms with Crippen molar-refractivity contribution < 1.29 is 0 Å². The molecule has 0 aromatic rings. The fourth-order valence-electron chi connectivity index (χ4n) is 1.64. The average molecular weight is 182 g/mol. The normalized spacial score (nSPS) is 24.7. The SMILES string of the molecule is CC(CNC1CC1)NCCC1CC1. The van der Waals surface area contributed by atoms with Crippen LogP contribution in [0.3, 0.4) is 0 Å². The first-order valence-corrected chi connectivity index (χ1v) is 5.81. The number of nitrogens with one attached hydrogen (secondary N) is 2. The Labute approximate surface area is 81.5 Å². The Morgan fingerprint density at radius 1 is 1.23 bits per heavy atom. The minimum absolute atomic E-state index is 0.652. The second kappa shape index (κ2) is 4.43. The Morgan fingerprint density at radius 3 is 2.62 bits per heavy atom. The minimum atomic E-state index is 0.652. The molecular formula is C11H22N2. The Hall–Kier alpha value is -0.0800. The van der Waals surface area contributed by atoms with E-state index in [9.17, 15) is 0 Å². The highest BCUT2D eigenvalue weighted by molar-refractivity contribution is 4.82. The highest BCUT2D eigenvalue weighted by Crippen LogP contribution is 2.31. The van der Waals surface area contributed by atoms with E-state index < -0.39 is 0 Å². The first kappa shape index (κ1) is 9.47. The summed E-state index contributed by atoms with van der Waals surface area (Å²) in [5.41, 5.74) is 0. The summed E-state index contributed by atoms with van der Waals surface area (Å²) in [6, 6.07) is 1.51. The second-order valence-electron chi connectivity index (χ2n) is 4.77. The van der Waals surface area contributed by atoms with Gasteiger partial charge in [-0.1, -0.05) is 12.8 Å². The van der Waals surface area contributed by atoms with Crippen molar-refractivity contribution in [3.8, 4) is 0 Å². The summed E-state index contributed by atoms with van der Waals surface area (Å²) in [4.78, 5) is 0. The molecule has 1 unspecified atom stereocenters. The summed E-state index contributed by atoms with van der Waals surface area (Å²) in [5, 5.41) is 7.12. The lowest BCUT2D eigenvalue weighted by Crippen LogP contribution is -2.37. The van der Waals surface area contributed by atoms with Gasteiger partial charge in [-0.05, 0) is 38.6 Å². The molecule has 2 rings (SSSR count). The zero-order valence-corrected chi connectivity index (χ0v) is 8.68. The highest BCUT2D eigenvalue weighted by atomic mass is 15.0. The van der Waals surface area contributed by atoms with E-state index in [4.69, 9.17) is 0 Å². The van der Waals surface area contributed by atoms with Crippen molar-refractivity contribution in [3.63, 3.8) is 0 Å². The summed E-state index contributed by atoms with van der Waals surface area (Å²) in [5.74, 6) is 1.07. The van der Waals surface area contributed by atoms with E-state index >= 15 is 0 Å². The zero-order chi connectivity index (χ0) is 9.10. The number of rotatable bonds is 7. The molecule has 0 bridgehead atoms. The first-order valence-electron chi connectivity index (χ1n) is 5.81. The van der Waals surface area contributed by atoms with Gasteiger partial charge in [0.05, 0.1) is 0 Å². The largest absolute Gasteiger partial charge is 0.313 e. The van der Waals surface area contributed by atoms with Crippen molar-refractivity contribution in [1.82, 2.24) is 10.6 Å². The van der Waals surface area contributed by atoms with Crippen molar-refractivity contribution in [3.05, 3.63) is 0 Å². The molecule has 2 aliphatic carbocycles. The molecule has 13 heavy (non-hydrogen) atoms. The van der Waals surface area contributed by atoms with Crippen molar-refractivity contribution in [2.24, 2.45) is 5.92 Å². The van der Waals surface area contributed by atoms with Crippen molar-refractivity contribution in [2.75, 3.05) is 13.1 Å². The maximum absolute atomic E-state index is 3.57. The third kappa shape index (κ3) is 4.10. The van der Waals surface area contributed by atoms with Gasteiger partial charge in [0.15, 0.2) is 0 Å². The summed E-state index contributed by atoms with van der Waals surface area (Å²) in [7, 11) is 0. The Bertz CT molecular complexity index is 150. The molecule has 0 amide bonds. The monoisotopic (exact) mass is 182 g/mol. The molecule has 0 aromatic carbocycles. The molecule has 1 atom stereocenters. The molecule has 76 valence electrons. The van der Waals surface area contributed by atoms with Crippen molar-refractivity contribution in [2.45, 2.75) is 51.1 Å². The van der Waals surface area contributed by atoms with E-state index in [0.717, 1.165) is 18.5 Å². The maximum atomic E-state index is 3.57. The molecule has 0 saturated heterocycles. The molecule has 0 radical (unpaired) electrons. The van der Waals surface area contributed by atoms with E-state index in [2.05, 4.69) is 17.6 Å². The second-order valence-corrected chi connectivity index (χ2v) is 4.77. The van der Waals surface area contributed by atoms with Gasteiger partial charge in [-0.15, -0.1) is 0 Å². The van der Waals surface area contributed by atoms with Crippen LogP contribution in [0.4, 0.5) is 0 Å². The molecule has 0 aromatic heterocycles. The average Bonchev–Trinajstić information content (AvgIpc) is 2.97. The van der Waals surface area contributed by atoms with Crippen LogP contribution in [-0.4, -0.2) is 25.2 Å². The summed E-state index contributed by atoms with van der Waals surface area (Å²) in [6.45, 7) is 4.65. The van der Waals surface area contributed by atoms with Crippen molar-refractivity contribution >= 4 is 0 Å². The molecule has 2 nitrogen and oxygen atoms in total. The fraction of sp³-hybridized carbons (Fsp3) is 1.00. The maximum Gasteiger partial charge on any atom is 0.0164 e. The molecule has 2 fully saturated rings. The molecular weight excluding hydrogens is 160 g/mol. The summed E-state index contributed by atoms with van der Waals surface area (Å²) < 4.78 is 0. The van der Waals surface area contributed by atoms with E-state index in [1.54, 1.807) is 0 Å². The van der Waals surface area contributed by atoms with Gasteiger partial charge < -0.3 is 10.6 Å². The summed E-state index contributed by atoms with van der Waals surface area (Å²) in [6.07, 6.45) is 7.16. The van der Waals surface area contributed by atoms with Crippen LogP contribution < -0.4 is 10.6 Å². The van der Waals surface area contributed by atoms with Crippen LogP contribution >= 0.6 is 0 Å². The predicted octanol–water partition coefficient (Wildman–Crippen LogP) is 1.52. The predicted molar refractivity (Wildman–Crippen MR) is 55.8 cm³/mol. The van der Waals surface area contributed by atoms with Gasteiger partial charge in [0.1, 0.15) is 0 Å². The van der Waals surface area contributed by atoms with Crippen LogP contribution in [0.2, 0.25) is 0 Å². The highest BCUT2D eigenvalue weighted by Gasteiger charge is 2.22. The quantitative estimate of drug-likeness (QED) is 0.624. The molecule has 2 N–H and O–H groups in total. The van der Waals surface area contributed by atoms with E-state index in [0.29, 0.717) is 6.04 Å². The molecule has 0 heterocycles. The first-order chi connectivity index (χ1) is 6.34. The van der Waals surface area contributed by atoms with E-state index in [1.807, 2.05) is 0 Å². The number of hydrogen-bond acceptors (Lipinski definition) is 2. The van der Waals surface area contributed by atoms with E-state index in [1.165, 1.54) is 38.6 Å². The Morgan fingerprint density at radius 2 is 2.00 bits per heavy atom. The standard InChI is InChI=1S/C11H22N2/c1-9(8-13-11-4-5-11)12-7-6-10-2-3-10/h9-13H,2-8H2,1H3. The smallest absolute Gasteiger partial charge is 0.0164 e. The van der Waals surface area contributed by atoms with Crippen LogP contribution in [0.5, 0.6) is 0 Å². The number of hydrogen-bond donors (Lipinski definition) is 2. The fourth-order valence-corrected chi connectivity index (χ4v) is 1.64. The molecule has 2 aliphatic rings. The van der Waals surface area contributed by atoms with Gasteiger partial charge in [0.2, 0.25) is 0 Å². The van der Waals surface area contributed by atoms with Crippen LogP contribution in [-0.2, 0) is 0 Å². The third-order valence-corrected chi connectivity index (χ3v) is 3.03. The van der Waals surface area contributed by atoms with Gasteiger partial charge in [-0.3, -0.25) is 0 Å². The lowest BCUT2D eigenvalue weighted by atomic mass is 10.2. The van der Waals surface area contributed by atoms with Crippen LogP contribution in [0.25, 0.3) is 0 Å². The third-order valence-electron chi connectivity index (χ3n) is 3.03. The van der Waals surface area contributed by atoms with Crippen LogP contribution in [0, 0.1) is 5.92 Å². The van der Waals surface area contributed by atoms with Gasteiger partial charge in [0.25, 0.3) is 0 Å². The van der Waals surface area contributed by atoms with Crippen molar-refractivity contribution in [1.29, 1.82) is 0 Å². The minimum Gasteiger partial charge on any atom is -0.313 e. The zero-order valence-electron chi connectivity index (χ0n) is 8.68. The molecule has 0 spiro atoms. The molecule has 2 heteroatoms. The lowest BCUT2D eigenvalue weighted by Gasteiger charge is -2.14. The van der Waals surface area contributed by atoms with Gasteiger partial charge >= 0.3 is 0 Å².